The maximum atomic E-state index is 10.8. The number of hydrogen-bond acceptors (Lipinski definition) is 3. The molecule has 0 amide bonds. The van der Waals surface area contributed by atoms with E-state index in [9.17, 15) is 10.1 Å². The van der Waals surface area contributed by atoms with Crippen LogP contribution in [-0.4, -0.2) is 14.5 Å². The lowest BCUT2D eigenvalue weighted by Crippen LogP contribution is -2.13. The van der Waals surface area contributed by atoms with Crippen molar-refractivity contribution in [3.05, 3.63) is 46.3 Å². The van der Waals surface area contributed by atoms with E-state index in [1.165, 1.54) is 0 Å². The number of nitro groups is 1. The van der Waals surface area contributed by atoms with Gasteiger partial charge in [-0.15, -0.1) is 0 Å². The van der Waals surface area contributed by atoms with Crippen LogP contribution in [0.25, 0.3) is 17.1 Å². The standard InChI is InChI=1S/C10H7N3O2/c14-13(15)10-6-5-9-11-7-3-1-2-4-8(7)12(9)10/h1-6,10H. The minimum absolute atomic E-state index is 0.318. The molecule has 2 aromatic rings. The first-order valence-corrected chi connectivity index (χ1v) is 4.56. The van der Waals surface area contributed by atoms with Gasteiger partial charge in [-0.2, -0.15) is 0 Å². The van der Waals surface area contributed by atoms with Gasteiger partial charge in [0.2, 0.25) is 0 Å². The van der Waals surface area contributed by atoms with Crippen molar-refractivity contribution in [2.45, 2.75) is 6.17 Å². The molecule has 1 atom stereocenters. The van der Waals surface area contributed by atoms with E-state index in [1.54, 1.807) is 16.7 Å². The van der Waals surface area contributed by atoms with Gasteiger partial charge >= 0.3 is 6.17 Å². The topological polar surface area (TPSA) is 61.0 Å². The number of benzene rings is 1. The summed E-state index contributed by atoms with van der Waals surface area (Å²) in [4.78, 5) is 14.8. The highest BCUT2D eigenvalue weighted by molar-refractivity contribution is 5.79. The first-order chi connectivity index (χ1) is 7.27. The molecule has 0 radical (unpaired) electrons. The summed E-state index contributed by atoms with van der Waals surface area (Å²) >= 11 is 0. The Hall–Kier alpha value is -2.17. The molecule has 1 aliphatic rings. The zero-order valence-corrected chi connectivity index (χ0v) is 7.70. The number of aromatic nitrogens is 2. The molecule has 2 heterocycles. The van der Waals surface area contributed by atoms with Crippen LogP contribution in [0, 0.1) is 10.1 Å². The smallest absolute Gasteiger partial charge is 0.262 e. The molecule has 15 heavy (non-hydrogen) atoms. The van der Waals surface area contributed by atoms with E-state index in [0.29, 0.717) is 5.82 Å². The SMILES string of the molecule is O=[N+]([O-])C1C=Cc2nc3ccccc3n21. The van der Waals surface area contributed by atoms with E-state index in [2.05, 4.69) is 4.98 Å². The molecule has 74 valence electrons. The van der Waals surface area contributed by atoms with Gasteiger partial charge in [-0.1, -0.05) is 12.1 Å². The summed E-state index contributed by atoms with van der Waals surface area (Å²) in [5.74, 6) is 0.651. The maximum Gasteiger partial charge on any atom is 0.311 e. The summed E-state index contributed by atoms with van der Waals surface area (Å²) in [5.41, 5.74) is 1.60. The molecule has 1 aromatic heterocycles. The molecule has 5 heteroatoms. The van der Waals surface area contributed by atoms with Gasteiger partial charge in [0.1, 0.15) is 5.82 Å². The second-order valence-electron chi connectivity index (χ2n) is 3.39. The third kappa shape index (κ3) is 0.999. The van der Waals surface area contributed by atoms with E-state index < -0.39 is 6.17 Å². The number of imidazole rings is 1. The third-order valence-electron chi connectivity index (χ3n) is 2.52. The van der Waals surface area contributed by atoms with Crippen LogP contribution >= 0.6 is 0 Å². The Labute approximate surface area is 84.8 Å². The fourth-order valence-electron chi connectivity index (χ4n) is 1.88. The Bertz CT molecular complexity index is 585. The van der Waals surface area contributed by atoms with Gasteiger partial charge in [0.25, 0.3) is 0 Å². The molecular formula is C10H7N3O2. The number of para-hydroxylation sites is 2. The van der Waals surface area contributed by atoms with E-state index in [-0.39, 0.29) is 4.92 Å². The lowest BCUT2D eigenvalue weighted by Gasteiger charge is -2.04. The quantitative estimate of drug-likeness (QED) is 0.522. The Balaban J connectivity index is 2.33. The van der Waals surface area contributed by atoms with Crippen LogP contribution in [0.5, 0.6) is 0 Å². The van der Waals surface area contributed by atoms with Crippen molar-refractivity contribution >= 4 is 17.1 Å². The maximum absolute atomic E-state index is 10.8. The summed E-state index contributed by atoms with van der Waals surface area (Å²) in [5, 5.41) is 10.8. The number of fused-ring (bicyclic) bond motifs is 3. The highest BCUT2D eigenvalue weighted by atomic mass is 16.6. The average Bonchev–Trinajstić information content (AvgIpc) is 2.74. The molecule has 0 bridgehead atoms. The fraction of sp³-hybridized carbons (Fsp3) is 0.100. The van der Waals surface area contributed by atoms with Crippen molar-refractivity contribution < 1.29 is 4.92 Å². The predicted molar refractivity (Wildman–Crippen MR) is 54.8 cm³/mol. The number of rotatable bonds is 1. The average molecular weight is 201 g/mol. The van der Waals surface area contributed by atoms with Gasteiger partial charge in [-0.05, 0) is 18.2 Å². The predicted octanol–water partition coefficient (Wildman–Crippen LogP) is 1.84. The minimum atomic E-state index is -0.813. The Kier molecular flexibility index (Phi) is 1.45. The first kappa shape index (κ1) is 8.16. The molecule has 0 saturated carbocycles. The summed E-state index contributed by atoms with van der Waals surface area (Å²) in [6.07, 6.45) is 2.43. The highest BCUT2D eigenvalue weighted by Crippen LogP contribution is 2.28. The Morgan fingerprint density at radius 2 is 2.20 bits per heavy atom. The zero-order valence-electron chi connectivity index (χ0n) is 7.70. The van der Waals surface area contributed by atoms with Crippen LogP contribution in [-0.2, 0) is 0 Å². The summed E-state index contributed by atoms with van der Waals surface area (Å²) in [6, 6.07) is 7.42. The van der Waals surface area contributed by atoms with Gasteiger partial charge in [-0.25, -0.2) is 4.98 Å². The molecule has 0 fully saturated rings. The normalized spacial score (nSPS) is 18.3. The van der Waals surface area contributed by atoms with Crippen LogP contribution in [0.15, 0.2) is 30.3 Å². The van der Waals surface area contributed by atoms with E-state index >= 15 is 0 Å². The molecule has 0 aliphatic carbocycles. The largest absolute Gasteiger partial charge is 0.311 e. The van der Waals surface area contributed by atoms with E-state index in [0.717, 1.165) is 11.0 Å². The van der Waals surface area contributed by atoms with Crippen LogP contribution in [0.3, 0.4) is 0 Å². The summed E-state index contributed by atoms with van der Waals surface area (Å²) in [7, 11) is 0. The van der Waals surface area contributed by atoms with Gasteiger partial charge < -0.3 is 0 Å². The van der Waals surface area contributed by atoms with Crippen LogP contribution in [0.2, 0.25) is 0 Å². The van der Waals surface area contributed by atoms with Crippen LogP contribution in [0.4, 0.5) is 0 Å². The van der Waals surface area contributed by atoms with E-state index in [1.807, 2.05) is 24.3 Å². The van der Waals surface area contributed by atoms with Crippen molar-refractivity contribution in [2.24, 2.45) is 0 Å². The molecular weight excluding hydrogens is 194 g/mol. The van der Waals surface area contributed by atoms with Crippen molar-refractivity contribution in [3.8, 4) is 0 Å². The second-order valence-corrected chi connectivity index (χ2v) is 3.39. The lowest BCUT2D eigenvalue weighted by molar-refractivity contribution is -0.532. The van der Waals surface area contributed by atoms with Gasteiger partial charge in [0, 0.05) is 6.08 Å². The molecule has 0 N–H and O–H groups in total. The lowest BCUT2D eigenvalue weighted by atomic mass is 10.3. The fourth-order valence-corrected chi connectivity index (χ4v) is 1.88. The molecule has 1 aromatic carbocycles. The van der Waals surface area contributed by atoms with Gasteiger partial charge in [0.15, 0.2) is 0 Å². The zero-order chi connectivity index (χ0) is 10.4. The summed E-state index contributed by atoms with van der Waals surface area (Å²) < 4.78 is 1.63. The number of nitrogens with zero attached hydrogens (tertiary/aromatic N) is 3. The minimum Gasteiger partial charge on any atom is -0.262 e. The molecule has 0 spiro atoms. The molecule has 0 saturated heterocycles. The van der Waals surface area contributed by atoms with Crippen molar-refractivity contribution in [2.75, 3.05) is 0 Å². The molecule has 5 nitrogen and oxygen atoms in total. The third-order valence-corrected chi connectivity index (χ3v) is 2.52. The van der Waals surface area contributed by atoms with Gasteiger partial charge in [0.05, 0.1) is 16.0 Å². The van der Waals surface area contributed by atoms with Crippen molar-refractivity contribution in [1.29, 1.82) is 0 Å². The van der Waals surface area contributed by atoms with Gasteiger partial charge in [-0.3, -0.25) is 14.7 Å². The van der Waals surface area contributed by atoms with Crippen molar-refractivity contribution in [1.82, 2.24) is 9.55 Å². The monoisotopic (exact) mass is 201 g/mol. The Morgan fingerprint density at radius 1 is 1.40 bits per heavy atom. The molecule has 1 unspecified atom stereocenters. The van der Waals surface area contributed by atoms with Crippen LogP contribution in [0.1, 0.15) is 12.0 Å². The van der Waals surface area contributed by atoms with Crippen LogP contribution < -0.4 is 0 Å². The molecule has 3 rings (SSSR count). The van der Waals surface area contributed by atoms with Crippen molar-refractivity contribution in [3.63, 3.8) is 0 Å². The van der Waals surface area contributed by atoms with E-state index in [4.69, 9.17) is 0 Å². The Morgan fingerprint density at radius 3 is 3.00 bits per heavy atom. The number of hydrogen-bond donors (Lipinski definition) is 0. The highest BCUT2D eigenvalue weighted by Gasteiger charge is 2.28. The second kappa shape index (κ2) is 2.66. The summed E-state index contributed by atoms with van der Waals surface area (Å²) in [6.45, 7) is 0. The molecule has 1 aliphatic heterocycles. The first-order valence-electron chi connectivity index (χ1n) is 4.56.